The molecule has 84 valence electrons. The normalized spacial score (nSPS) is 12.5. The fraction of sp³-hybridized carbons (Fsp3) is 0.455. The van der Waals surface area contributed by atoms with Crippen molar-refractivity contribution in [2.75, 3.05) is 19.0 Å². The van der Waals surface area contributed by atoms with Gasteiger partial charge < -0.3 is 10.1 Å². The van der Waals surface area contributed by atoms with E-state index >= 15 is 0 Å². The van der Waals surface area contributed by atoms with Crippen molar-refractivity contribution >= 4 is 5.69 Å². The Hall–Kier alpha value is -1.16. The van der Waals surface area contributed by atoms with Crippen LogP contribution in [0.15, 0.2) is 18.2 Å². The third-order valence-corrected chi connectivity index (χ3v) is 2.15. The highest BCUT2D eigenvalue weighted by atomic mass is 19.2. The van der Waals surface area contributed by atoms with Crippen LogP contribution in [-0.4, -0.2) is 19.8 Å². The highest BCUT2D eigenvalue weighted by molar-refractivity contribution is 5.44. The number of methoxy groups -OCH3 is 1. The monoisotopic (exact) mass is 215 g/mol. The van der Waals surface area contributed by atoms with Crippen LogP contribution in [0, 0.1) is 11.6 Å². The summed E-state index contributed by atoms with van der Waals surface area (Å²) in [7, 11) is 1.61. The number of hydrogen-bond acceptors (Lipinski definition) is 2. The lowest BCUT2D eigenvalue weighted by Gasteiger charge is -2.17. The van der Waals surface area contributed by atoms with Crippen LogP contribution in [-0.2, 0) is 4.74 Å². The molecule has 0 aliphatic rings. The van der Waals surface area contributed by atoms with Crippen LogP contribution >= 0.6 is 0 Å². The van der Waals surface area contributed by atoms with Gasteiger partial charge in [-0.2, -0.15) is 0 Å². The Balaban J connectivity index is 2.66. The molecule has 0 aliphatic heterocycles. The van der Waals surface area contributed by atoms with Crippen molar-refractivity contribution in [1.82, 2.24) is 0 Å². The summed E-state index contributed by atoms with van der Waals surface area (Å²) in [6, 6.07) is 3.88. The highest BCUT2D eigenvalue weighted by Gasteiger charge is 2.07. The molecule has 1 atom stereocenters. The van der Waals surface area contributed by atoms with Crippen LogP contribution in [0.25, 0.3) is 0 Å². The molecular formula is C11H15F2NO. The van der Waals surface area contributed by atoms with Gasteiger partial charge in [0.05, 0.1) is 6.61 Å². The first kappa shape index (κ1) is 11.9. The van der Waals surface area contributed by atoms with Gasteiger partial charge >= 0.3 is 0 Å². The SMILES string of the molecule is CCC(COC)Nc1ccc(F)c(F)c1. The van der Waals surface area contributed by atoms with Crippen molar-refractivity contribution in [1.29, 1.82) is 0 Å². The molecule has 2 nitrogen and oxygen atoms in total. The van der Waals surface area contributed by atoms with Gasteiger partial charge in [0.15, 0.2) is 11.6 Å². The summed E-state index contributed by atoms with van der Waals surface area (Å²) in [5.74, 6) is -1.67. The standard InChI is InChI=1S/C11H15F2NO/c1-3-8(7-15-2)14-9-4-5-10(12)11(13)6-9/h4-6,8,14H,3,7H2,1-2H3. The van der Waals surface area contributed by atoms with Crippen LogP contribution in [0.1, 0.15) is 13.3 Å². The maximum atomic E-state index is 12.9. The van der Waals surface area contributed by atoms with E-state index in [1.165, 1.54) is 6.07 Å². The highest BCUT2D eigenvalue weighted by Crippen LogP contribution is 2.14. The van der Waals surface area contributed by atoms with Crippen molar-refractivity contribution in [3.05, 3.63) is 29.8 Å². The molecule has 0 fully saturated rings. The molecule has 0 bridgehead atoms. The Bertz CT molecular complexity index is 317. The molecule has 0 aliphatic carbocycles. The fourth-order valence-corrected chi connectivity index (χ4v) is 1.28. The predicted octanol–water partition coefficient (Wildman–Crippen LogP) is 2.80. The minimum atomic E-state index is -0.840. The summed E-state index contributed by atoms with van der Waals surface area (Å²) in [6.45, 7) is 2.53. The molecule has 1 aromatic carbocycles. The number of anilines is 1. The molecule has 0 amide bonds. The topological polar surface area (TPSA) is 21.3 Å². The van der Waals surface area contributed by atoms with Crippen LogP contribution < -0.4 is 5.32 Å². The van der Waals surface area contributed by atoms with Gasteiger partial charge in [-0.3, -0.25) is 0 Å². The lowest BCUT2D eigenvalue weighted by atomic mass is 10.2. The second-order valence-electron chi connectivity index (χ2n) is 3.33. The second-order valence-corrected chi connectivity index (χ2v) is 3.33. The molecule has 0 radical (unpaired) electrons. The minimum absolute atomic E-state index is 0.111. The average Bonchev–Trinajstić information content (AvgIpc) is 2.23. The maximum absolute atomic E-state index is 12.9. The first-order valence-electron chi connectivity index (χ1n) is 4.88. The van der Waals surface area contributed by atoms with Crippen LogP contribution in [0.5, 0.6) is 0 Å². The Kier molecular flexibility index (Phi) is 4.49. The largest absolute Gasteiger partial charge is 0.383 e. The zero-order valence-corrected chi connectivity index (χ0v) is 8.89. The number of ether oxygens (including phenoxy) is 1. The van der Waals surface area contributed by atoms with Gasteiger partial charge in [-0.15, -0.1) is 0 Å². The molecular weight excluding hydrogens is 200 g/mol. The number of nitrogens with one attached hydrogen (secondary N) is 1. The van der Waals surface area contributed by atoms with Crippen LogP contribution in [0.4, 0.5) is 14.5 Å². The van der Waals surface area contributed by atoms with E-state index in [1.807, 2.05) is 6.92 Å². The lowest BCUT2D eigenvalue weighted by molar-refractivity contribution is 0.184. The smallest absolute Gasteiger partial charge is 0.160 e. The second kappa shape index (κ2) is 5.66. The molecule has 0 heterocycles. The molecule has 0 saturated heterocycles. The van der Waals surface area contributed by atoms with Gasteiger partial charge in [-0.05, 0) is 18.6 Å². The van der Waals surface area contributed by atoms with Gasteiger partial charge in [0, 0.05) is 24.9 Å². The van der Waals surface area contributed by atoms with Gasteiger partial charge in [-0.25, -0.2) is 8.78 Å². The van der Waals surface area contributed by atoms with Gasteiger partial charge in [-0.1, -0.05) is 6.92 Å². The van der Waals surface area contributed by atoms with Gasteiger partial charge in [0.1, 0.15) is 0 Å². The van der Waals surface area contributed by atoms with E-state index < -0.39 is 11.6 Å². The van der Waals surface area contributed by atoms with Gasteiger partial charge in [0.25, 0.3) is 0 Å². The third-order valence-electron chi connectivity index (χ3n) is 2.15. The summed E-state index contributed by atoms with van der Waals surface area (Å²) >= 11 is 0. The predicted molar refractivity (Wildman–Crippen MR) is 55.9 cm³/mol. The van der Waals surface area contributed by atoms with E-state index in [0.29, 0.717) is 12.3 Å². The minimum Gasteiger partial charge on any atom is -0.383 e. The summed E-state index contributed by atoms with van der Waals surface area (Å²) in [5.41, 5.74) is 0.567. The Labute approximate surface area is 88.3 Å². The molecule has 0 aromatic heterocycles. The quantitative estimate of drug-likeness (QED) is 0.815. The first-order chi connectivity index (χ1) is 7.17. The van der Waals surface area contributed by atoms with Crippen molar-refractivity contribution in [2.45, 2.75) is 19.4 Å². The zero-order chi connectivity index (χ0) is 11.3. The van der Waals surface area contributed by atoms with Crippen molar-refractivity contribution in [2.24, 2.45) is 0 Å². The molecule has 15 heavy (non-hydrogen) atoms. The van der Waals surface area contributed by atoms with Crippen molar-refractivity contribution in [3.63, 3.8) is 0 Å². The number of rotatable bonds is 5. The lowest BCUT2D eigenvalue weighted by Crippen LogP contribution is -2.23. The molecule has 1 unspecified atom stereocenters. The third kappa shape index (κ3) is 3.47. The van der Waals surface area contributed by atoms with E-state index in [9.17, 15) is 8.78 Å². The van der Waals surface area contributed by atoms with Crippen molar-refractivity contribution < 1.29 is 13.5 Å². The van der Waals surface area contributed by atoms with E-state index in [4.69, 9.17) is 4.74 Å². The summed E-state index contributed by atoms with van der Waals surface area (Å²) in [6.07, 6.45) is 0.854. The number of hydrogen-bond donors (Lipinski definition) is 1. The van der Waals surface area contributed by atoms with E-state index in [-0.39, 0.29) is 6.04 Å². The zero-order valence-electron chi connectivity index (χ0n) is 8.89. The molecule has 0 saturated carbocycles. The van der Waals surface area contributed by atoms with E-state index in [1.54, 1.807) is 7.11 Å². The Morgan fingerprint density at radius 3 is 2.60 bits per heavy atom. The van der Waals surface area contributed by atoms with Crippen LogP contribution in [0.2, 0.25) is 0 Å². The molecule has 1 rings (SSSR count). The average molecular weight is 215 g/mol. The Morgan fingerprint density at radius 1 is 1.33 bits per heavy atom. The summed E-state index contributed by atoms with van der Waals surface area (Å²) < 4.78 is 30.5. The first-order valence-corrected chi connectivity index (χ1v) is 4.88. The summed E-state index contributed by atoms with van der Waals surface area (Å²) in [4.78, 5) is 0. The van der Waals surface area contributed by atoms with E-state index in [0.717, 1.165) is 18.6 Å². The molecule has 1 aromatic rings. The Morgan fingerprint density at radius 2 is 2.07 bits per heavy atom. The molecule has 4 heteroatoms. The van der Waals surface area contributed by atoms with Crippen LogP contribution in [0.3, 0.4) is 0 Å². The maximum Gasteiger partial charge on any atom is 0.160 e. The van der Waals surface area contributed by atoms with E-state index in [2.05, 4.69) is 5.32 Å². The number of benzene rings is 1. The fourth-order valence-electron chi connectivity index (χ4n) is 1.28. The van der Waals surface area contributed by atoms with Crippen molar-refractivity contribution in [3.8, 4) is 0 Å². The molecule has 1 N–H and O–H groups in total. The van der Waals surface area contributed by atoms with Gasteiger partial charge in [0.2, 0.25) is 0 Å². The number of halogens is 2. The molecule has 0 spiro atoms. The summed E-state index contributed by atoms with van der Waals surface area (Å²) in [5, 5.41) is 3.07.